The molecule has 5 nitrogen and oxygen atoms in total. The zero-order chi connectivity index (χ0) is 19.5. The average Bonchev–Trinajstić information content (AvgIpc) is 3.17. The number of amides is 1. The maximum absolute atomic E-state index is 12.5. The predicted molar refractivity (Wildman–Crippen MR) is 110 cm³/mol. The summed E-state index contributed by atoms with van der Waals surface area (Å²) in [4.78, 5) is 12.5. The number of carbonyl (C=O) groups is 1. The van der Waals surface area contributed by atoms with Crippen molar-refractivity contribution in [2.45, 2.75) is 13.5 Å². The highest BCUT2D eigenvalue weighted by Gasteiger charge is 2.07. The van der Waals surface area contributed by atoms with Crippen LogP contribution >= 0.6 is 0 Å². The molecule has 0 radical (unpaired) electrons. The summed E-state index contributed by atoms with van der Waals surface area (Å²) in [5, 5.41) is 9.49. The standard InChI is InChI=1S/C23H21N3O2/c1-16-11-12-25-26(16)21-8-5-18(6-9-21)23(27)24-15-17-3-4-20-14-22(28-2)10-7-19(20)13-17/h3-14H,15H2,1-2H3,(H,24,27). The van der Waals surface area contributed by atoms with E-state index in [0.717, 1.165) is 33.5 Å². The van der Waals surface area contributed by atoms with Gasteiger partial charge >= 0.3 is 0 Å². The van der Waals surface area contributed by atoms with E-state index in [0.29, 0.717) is 12.1 Å². The molecule has 0 saturated heterocycles. The van der Waals surface area contributed by atoms with E-state index in [1.54, 1.807) is 13.3 Å². The molecule has 4 rings (SSSR count). The first-order valence-electron chi connectivity index (χ1n) is 9.10. The van der Waals surface area contributed by atoms with Gasteiger partial charge in [0.25, 0.3) is 5.91 Å². The van der Waals surface area contributed by atoms with Crippen LogP contribution in [-0.2, 0) is 6.54 Å². The molecule has 1 aromatic heterocycles. The number of fused-ring (bicyclic) bond motifs is 1. The monoisotopic (exact) mass is 371 g/mol. The predicted octanol–water partition coefficient (Wildman–Crippen LogP) is 4.27. The van der Waals surface area contributed by atoms with Gasteiger partial charge in [-0.2, -0.15) is 5.10 Å². The van der Waals surface area contributed by atoms with Crippen molar-refractivity contribution in [2.24, 2.45) is 0 Å². The minimum Gasteiger partial charge on any atom is -0.497 e. The minimum absolute atomic E-state index is 0.0986. The molecule has 0 spiro atoms. The molecule has 3 aromatic carbocycles. The summed E-state index contributed by atoms with van der Waals surface area (Å²) in [6.07, 6.45) is 1.76. The van der Waals surface area contributed by atoms with Crippen LogP contribution in [-0.4, -0.2) is 22.8 Å². The molecule has 0 aliphatic rings. The molecule has 0 aliphatic heterocycles. The van der Waals surface area contributed by atoms with Gasteiger partial charge in [-0.1, -0.05) is 18.2 Å². The van der Waals surface area contributed by atoms with Gasteiger partial charge in [-0.05, 0) is 71.8 Å². The zero-order valence-electron chi connectivity index (χ0n) is 15.8. The van der Waals surface area contributed by atoms with E-state index in [1.807, 2.05) is 72.3 Å². The maximum atomic E-state index is 12.5. The molecule has 0 aliphatic carbocycles. The first kappa shape index (κ1) is 17.8. The second-order valence-electron chi connectivity index (χ2n) is 6.66. The largest absolute Gasteiger partial charge is 0.497 e. The fraction of sp³-hybridized carbons (Fsp3) is 0.130. The summed E-state index contributed by atoms with van der Waals surface area (Å²) < 4.78 is 7.10. The Morgan fingerprint density at radius 1 is 1.00 bits per heavy atom. The number of ether oxygens (including phenoxy) is 1. The van der Waals surface area contributed by atoms with Crippen molar-refractivity contribution in [1.29, 1.82) is 0 Å². The van der Waals surface area contributed by atoms with Crippen LogP contribution in [0.5, 0.6) is 5.75 Å². The third-order valence-electron chi connectivity index (χ3n) is 4.77. The van der Waals surface area contributed by atoms with Crippen LogP contribution in [0.3, 0.4) is 0 Å². The molecule has 0 atom stereocenters. The van der Waals surface area contributed by atoms with Gasteiger partial charge < -0.3 is 10.1 Å². The summed E-state index contributed by atoms with van der Waals surface area (Å²) in [7, 11) is 1.66. The van der Waals surface area contributed by atoms with Crippen molar-refractivity contribution in [1.82, 2.24) is 15.1 Å². The van der Waals surface area contributed by atoms with Crippen molar-refractivity contribution < 1.29 is 9.53 Å². The van der Waals surface area contributed by atoms with Crippen LogP contribution in [0.15, 0.2) is 72.9 Å². The number of aryl methyl sites for hydroxylation is 1. The number of methoxy groups -OCH3 is 1. The second kappa shape index (κ2) is 7.56. The lowest BCUT2D eigenvalue weighted by Gasteiger charge is -2.09. The highest BCUT2D eigenvalue weighted by Crippen LogP contribution is 2.22. The summed E-state index contributed by atoms with van der Waals surface area (Å²) in [6, 6.07) is 21.5. The molecule has 5 heteroatoms. The molecular formula is C23H21N3O2. The zero-order valence-corrected chi connectivity index (χ0v) is 15.8. The van der Waals surface area contributed by atoms with Gasteiger partial charge in [-0.25, -0.2) is 4.68 Å². The summed E-state index contributed by atoms with van der Waals surface area (Å²) in [5.74, 6) is 0.737. The molecule has 0 bridgehead atoms. The molecule has 0 fully saturated rings. The Kier molecular flexibility index (Phi) is 4.81. The number of rotatable bonds is 5. The maximum Gasteiger partial charge on any atom is 0.251 e. The van der Waals surface area contributed by atoms with Gasteiger partial charge in [0.1, 0.15) is 5.75 Å². The number of carbonyl (C=O) groups excluding carboxylic acids is 1. The van der Waals surface area contributed by atoms with E-state index in [-0.39, 0.29) is 5.91 Å². The van der Waals surface area contributed by atoms with Crippen LogP contribution in [0, 0.1) is 6.92 Å². The topological polar surface area (TPSA) is 56.1 Å². The van der Waals surface area contributed by atoms with E-state index in [1.165, 1.54) is 0 Å². The van der Waals surface area contributed by atoms with Crippen LogP contribution in [0.1, 0.15) is 21.6 Å². The van der Waals surface area contributed by atoms with Crippen LogP contribution < -0.4 is 10.1 Å². The van der Waals surface area contributed by atoms with Gasteiger partial charge in [0, 0.05) is 24.0 Å². The second-order valence-corrected chi connectivity index (χ2v) is 6.66. The quantitative estimate of drug-likeness (QED) is 0.570. The Labute approximate surface area is 163 Å². The number of benzene rings is 3. The van der Waals surface area contributed by atoms with Gasteiger partial charge in [-0.3, -0.25) is 4.79 Å². The van der Waals surface area contributed by atoms with Crippen LogP contribution in [0.4, 0.5) is 0 Å². The fourth-order valence-corrected chi connectivity index (χ4v) is 3.19. The Balaban J connectivity index is 1.44. The van der Waals surface area contributed by atoms with E-state index in [4.69, 9.17) is 4.74 Å². The lowest BCUT2D eigenvalue weighted by atomic mass is 10.1. The highest BCUT2D eigenvalue weighted by molar-refractivity contribution is 5.94. The lowest BCUT2D eigenvalue weighted by molar-refractivity contribution is 0.0951. The van der Waals surface area contributed by atoms with E-state index < -0.39 is 0 Å². The van der Waals surface area contributed by atoms with Gasteiger partial charge in [0.05, 0.1) is 12.8 Å². The number of nitrogens with one attached hydrogen (secondary N) is 1. The SMILES string of the molecule is COc1ccc2cc(CNC(=O)c3ccc(-n4nccc4C)cc3)ccc2c1. The van der Waals surface area contributed by atoms with Crippen LogP contribution in [0.2, 0.25) is 0 Å². The fourth-order valence-electron chi connectivity index (χ4n) is 3.19. The van der Waals surface area contributed by atoms with Crippen molar-refractivity contribution in [2.75, 3.05) is 7.11 Å². The van der Waals surface area contributed by atoms with Crippen molar-refractivity contribution in [3.63, 3.8) is 0 Å². The third-order valence-corrected chi connectivity index (χ3v) is 4.77. The lowest BCUT2D eigenvalue weighted by Crippen LogP contribution is -2.22. The highest BCUT2D eigenvalue weighted by atomic mass is 16.5. The minimum atomic E-state index is -0.0986. The smallest absolute Gasteiger partial charge is 0.251 e. The Hall–Kier alpha value is -3.60. The third kappa shape index (κ3) is 3.60. The molecule has 1 amide bonds. The van der Waals surface area contributed by atoms with Crippen molar-refractivity contribution in [3.8, 4) is 11.4 Å². The molecular weight excluding hydrogens is 350 g/mol. The molecule has 1 N–H and O–H groups in total. The normalized spacial score (nSPS) is 10.8. The van der Waals surface area contributed by atoms with E-state index >= 15 is 0 Å². The molecule has 4 aromatic rings. The Morgan fingerprint density at radius 2 is 1.75 bits per heavy atom. The Bertz CT molecular complexity index is 1130. The van der Waals surface area contributed by atoms with Gasteiger partial charge in [0.15, 0.2) is 0 Å². The van der Waals surface area contributed by atoms with E-state index in [2.05, 4.69) is 16.5 Å². The summed E-state index contributed by atoms with van der Waals surface area (Å²) in [6.45, 7) is 2.47. The summed E-state index contributed by atoms with van der Waals surface area (Å²) >= 11 is 0. The molecule has 1 heterocycles. The van der Waals surface area contributed by atoms with Crippen molar-refractivity contribution in [3.05, 3.63) is 89.7 Å². The number of hydrogen-bond acceptors (Lipinski definition) is 3. The number of hydrogen-bond donors (Lipinski definition) is 1. The molecule has 0 unspecified atom stereocenters. The number of nitrogens with zero attached hydrogens (tertiary/aromatic N) is 2. The average molecular weight is 371 g/mol. The van der Waals surface area contributed by atoms with Gasteiger partial charge in [-0.15, -0.1) is 0 Å². The van der Waals surface area contributed by atoms with Crippen LogP contribution in [0.25, 0.3) is 16.5 Å². The molecule has 0 saturated carbocycles. The molecule has 140 valence electrons. The number of aromatic nitrogens is 2. The molecule has 28 heavy (non-hydrogen) atoms. The van der Waals surface area contributed by atoms with Crippen molar-refractivity contribution >= 4 is 16.7 Å². The first-order chi connectivity index (χ1) is 13.6. The summed E-state index contributed by atoms with van der Waals surface area (Å²) in [5.41, 5.74) is 3.66. The van der Waals surface area contributed by atoms with E-state index in [9.17, 15) is 4.79 Å². The Morgan fingerprint density at radius 3 is 2.46 bits per heavy atom. The van der Waals surface area contributed by atoms with Gasteiger partial charge in [0.2, 0.25) is 0 Å². The first-order valence-corrected chi connectivity index (χ1v) is 9.10.